The predicted octanol–water partition coefficient (Wildman–Crippen LogP) is 9.10. The van der Waals surface area contributed by atoms with Crippen LogP contribution in [0.4, 0.5) is 5.69 Å². The number of carbonyl (C=O) groups is 1. The maximum absolute atomic E-state index is 13.6. The van der Waals surface area contributed by atoms with Crippen molar-refractivity contribution in [3.05, 3.63) is 132 Å². The highest BCUT2D eigenvalue weighted by molar-refractivity contribution is 5.93. The van der Waals surface area contributed by atoms with Gasteiger partial charge in [0.05, 0.1) is 0 Å². The summed E-state index contributed by atoms with van der Waals surface area (Å²) in [5.41, 5.74) is 7.77. The Bertz CT molecular complexity index is 1540. The highest BCUT2D eigenvalue weighted by Crippen LogP contribution is 2.30. The van der Waals surface area contributed by atoms with Gasteiger partial charge in [0.2, 0.25) is 5.91 Å². The molecule has 1 atom stereocenters. The van der Waals surface area contributed by atoms with Crippen LogP contribution in [0.3, 0.4) is 0 Å². The van der Waals surface area contributed by atoms with Crippen molar-refractivity contribution in [1.82, 2.24) is 0 Å². The van der Waals surface area contributed by atoms with Gasteiger partial charge in [0.15, 0.2) is 0 Å². The summed E-state index contributed by atoms with van der Waals surface area (Å²) >= 11 is 0. The zero-order valence-electron chi connectivity index (χ0n) is 22.1. The summed E-state index contributed by atoms with van der Waals surface area (Å²) in [5, 5.41) is 4.25. The van der Waals surface area contributed by atoms with Gasteiger partial charge in [-0.15, -0.1) is 0 Å². The number of allylic oxidation sites excluding steroid dienone is 2. The number of rotatable bonds is 8. The van der Waals surface area contributed by atoms with Crippen LogP contribution in [0, 0.1) is 5.92 Å². The Morgan fingerprint density at radius 2 is 1.44 bits per heavy atom. The van der Waals surface area contributed by atoms with Crippen LogP contribution >= 0.6 is 0 Å². The van der Waals surface area contributed by atoms with Gasteiger partial charge in [0.25, 0.3) is 0 Å². The molecular formula is C36H33NO2. The van der Waals surface area contributed by atoms with E-state index in [9.17, 15) is 4.79 Å². The number of furan rings is 1. The molecule has 5 aromatic rings. The maximum Gasteiger partial charge on any atom is 0.228 e. The number of anilines is 1. The second kappa shape index (κ2) is 11.6. The molecule has 1 N–H and O–H groups in total. The first kappa shape index (κ1) is 24.9. The molecule has 0 bridgehead atoms. The van der Waals surface area contributed by atoms with Crippen LogP contribution in [0.1, 0.15) is 42.4 Å². The molecular weight excluding hydrogens is 478 g/mol. The fourth-order valence-electron chi connectivity index (χ4n) is 5.48. The standard InChI is InChI=1S/C36H33NO2/c38-36(37-33-21-19-30(20-22-33)35-25-31-13-7-8-14-34(31)39-35)32(23-26-9-3-1-4-10-26)24-27-15-17-29(18-16-27)28-11-5-2-6-12-28/h1,3-4,7-11,13-22,25,32H,2,5-6,12,23-24H2,(H,37,38). The molecule has 3 nitrogen and oxygen atoms in total. The second-order valence-corrected chi connectivity index (χ2v) is 10.5. The molecule has 194 valence electrons. The van der Waals surface area contributed by atoms with Gasteiger partial charge in [-0.1, -0.05) is 78.9 Å². The molecule has 4 aromatic carbocycles. The fraction of sp³-hybridized carbons (Fsp3) is 0.194. The minimum Gasteiger partial charge on any atom is -0.456 e. The first-order valence-corrected chi connectivity index (χ1v) is 13.9. The number of benzene rings is 4. The number of nitrogens with one attached hydrogen (secondary N) is 1. The van der Waals surface area contributed by atoms with Crippen LogP contribution in [0.15, 0.2) is 120 Å². The summed E-state index contributed by atoms with van der Waals surface area (Å²) in [6.07, 6.45) is 8.66. The van der Waals surface area contributed by atoms with Crippen LogP contribution in [-0.2, 0) is 17.6 Å². The molecule has 3 heteroatoms. The summed E-state index contributed by atoms with van der Waals surface area (Å²) in [4.78, 5) is 13.6. The lowest BCUT2D eigenvalue weighted by Gasteiger charge is -2.18. The number of para-hydroxylation sites is 1. The molecule has 1 unspecified atom stereocenters. The summed E-state index contributed by atoms with van der Waals surface area (Å²) in [7, 11) is 0. The average molecular weight is 512 g/mol. The quantitative estimate of drug-likeness (QED) is 0.226. The monoisotopic (exact) mass is 511 g/mol. The van der Waals surface area contributed by atoms with Crippen molar-refractivity contribution in [2.24, 2.45) is 5.92 Å². The van der Waals surface area contributed by atoms with Gasteiger partial charge in [0.1, 0.15) is 11.3 Å². The topological polar surface area (TPSA) is 42.2 Å². The normalized spacial score (nSPS) is 14.1. The molecule has 0 radical (unpaired) electrons. The molecule has 1 heterocycles. The Kier molecular flexibility index (Phi) is 7.40. The van der Waals surface area contributed by atoms with Crippen molar-refractivity contribution in [3.63, 3.8) is 0 Å². The Morgan fingerprint density at radius 3 is 2.15 bits per heavy atom. The highest BCUT2D eigenvalue weighted by Gasteiger charge is 2.20. The third kappa shape index (κ3) is 6.04. The molecule has 0 aliphatic heterocycles. The molecule has 6 rings (SSSR count). The summed E-state index contributed by atoms with van der Waals surface area (Å²) in [6, 6.07) is 37.1. The molecule has 0 spiro atoms. The molecule has 0 saturated heterocycles. The van der Waals surface area contributed by atoms with E-state index in [0.717, 1.165) is 34.4 Å². The van der Waals surface area contributed by atoms with Gasteiger partial charge < -0.3 is 9.73 Å². The van der Waals surface area contributed by atoms with Gasteiger partial charge in [0, 0.05) is 22.6 Å². The number of hydrogen-bond donors (Lipinski definition) is 1. The van der Waals surface area contributed by atoms with Crippen LogP contribution < -0.4 is 5.32 Å². The number of amides is 1. The molecule has 39 heavy (non-hydrogen) atoms. The fourth-order valence-corrected chi connectivity index (χ4v) is 5.48. The predicted molar refractivity (Wildman–Crippen MR) is 161 cm³/mol. The first-order valence-electron chi connectivity index (χ1n) is 13.9. The Hall–Kier alpha value is -4.37. The van der Waals surface area contributed by atoms with E-state index in [2.05, 4.69) is 53.9 Å². The van der Waals surface area contributed by atoms with Gasteiger partial charge >= 0.3 is 0 Å². The molecule has 1 aliphatic rings. The van der Waals surface area contributed by atoms with Crippen molar-refractivity contribution in [3.8, 4) is 11.3 Å². The molecule has 1 aromatic heterocycles. The van der Waals surface area contributed by atoms with Gasteiger partial charge in [-0.3, -0.25) is 4.79 Å². The van der Waals surface area contributed by atoms with Crippen LogP contribution in [0.25, 0.3) is 27.9 Å². The zero-order chi connectivity index (χ0) is 26.4. The van der Waals surface area contributed by atoms with Crippen molar-refractivity contribution in [2.75, 3.05) is 5.32 Å². The lowest BCUT2D eigenvalue weighted by Crippen LogP contribution is -2.26. The Balaban J connectivity index is 1.17. The lowest BCUT2D eigenvalue weighted by atomic mass is 9.89. The number of fused-ring (bicyclic) bond motifs is 1. The summed E-state index contributed by atoms with van der Waals surface area (Å²) < 4.78 is 6.00. The van der Waals surface area contributed by atoms with Gasteiger partial charge in [-0.25, -0.2) is 0 Å². The van der Waals surface area contributed by atoms with Crippen molar-refractivity contribution in [1.29, 1.82) is 0 Å². The Labute approximate surface area is 230 Å². The van der Waals surface area contributed by atoms with Crippen LogP contribution in [0.5, 0.6) is 0 Å². The van der Waals surface area contributed by atoms with E-state index in [1.165, 1.54) is 41.5 Å². The van der Waals surface area contributed by atoms with Crippen molar-refractivity contribution >= 4 is 28.1 Å². The smallest absolute Gasteiger partial charge is 0.228 e. The van der Waals surface area contributed by atoms with E-state index in [1.54, 1.807) is 0 Å². The van der Waals surface area contributed by atoms with Crippen LogP contribution in [-0.4, -0.2) is 5.91 Å². The minimum absolute atomic E-state index is 0.0365. The van der Waals surface area contributed by atoms with Crippen molar-refractivity contribution in [2.45, 2.75) is 38.5 Å². The van der Waals surface area contributed by atoms with E-state index >= 15 is 0 Å². The van der Waals surface area contributed by atoms with E-state index in [1.807, 2.05) is 66.7 Å². The SMILES string of the molecule is O=C(Nc1ccc(-c2cc3ccccc3o2)cc1)C(Cc1ccccc1)Cc1ccc(C2=CCCCC2)cc1. The van der Waals surface area contributed by atoms with E-state index in [4.69, 9.17) is 4.42 Å². The molecule has 0 saturated carbocycles. The lowest BCUT2D eigenvalue weighted by molar-refractivity contribution is -0.119. The molecule has 1 aliphatic carbocycles. The maximum atomic E-state index is 13.6. The largest absolute Gasteiger partial charge is 0.456 e. The van der Waals surface area contributed by atoms with E-state index in [-0.39, 0.29) is 11.8 Å². The second-order valence-electron chi connectivity index (χ2n) is 10.5. The van der Waals surface area contributed by atoms with E-state index in [0.29, 0.717) is 12.8 Å². The minimum atomic E-state index is -0.179. The van der Waals surface area contributed by atoms with E-state index < -0.39 is 0 Å². The van der Waals surface area contributed by atoms with Crippen molar-refractivity contribution < 1.29 is 9.21 Å². The molecule has 0 fully saturated rings. The average Bonchev–Trinajstić information content (AvgIpc) is 3.43. The number of hydrogen-bond acceptors (Lipinski definition) is 2. The summed E-state index contributed by atoms with van der Waals surface area (Å²) in [5.74, 6) is 0.681. The number of carbonyl (C=O) groups excluding carboxylic acids is 1. The van der Waals surface area contributed by atoms with Crippen LogP contribution in [0.2, 0.25) is 0 Å². The van der Waals surface area contributed by atoms with Gasteiger partial charge in [-0.2, -0.15) is 0 Å². The van der Waals surface area contributed by atoms with Gasteiger partial charge in [-0.05, 0) is 97.2 Å². The summed E-state index contributed by atoms with van der Waals surface area (Å²) in [6.45, 7) is 0. The highest BCUT2D eigenvalue weighted by atomic mass is 16.3. The third-order valence-corrected chi connectivity index (χ3v) is 7.66. The third-order valence-electron chi connectivity index (χ3n) is 7.66. The first-order chi connectivity index (χ1) is 19.2. The Morgan fingerprint density at radius 1 is 0.744 bits per heavy atom. The molecule has 1 amide bonds. The zero-order valence-corrected chi connectivity index (χ0v) is 22.1.